The number of allylic oxidation sites excluding steroid dienone is 2. The second-order valence-corrected chi connectivity index (χ2v) is 5.30. The van der Waals surface area contributed by atoms with Crippen molar-refractivity contribution in [2.75, 3.05) is 6.54 Å². The summed E-state index contributed by atoms with van der Waals surface area (Å²) < 4.78 is 0. The van der Waals surface area contributed by atoms with Gasteiger partial charge in [0.15, 0.2) is 0 Å². The average Bonchev–Trinajstić information content (AvgIpc) is 2.34. The van der Waals surface area contributed by atoms with Crippen LogP contribution in [0.25, 0.3) is 0 Å². The Morgan fingerprint density at radius 2 is 2.19 bits per heavy atom. The smallest absolute Gasteiger partial charge is 0.115 e. The zero-order chi connectivity index (χ0) is 10.8. The summed E-state index contributed by atoms with van der Waals surface area (Å²) in [5.74, 6) is 0.677. The maximum Gasteiger partial charge on any atom is 0.115 e. The first-order chi connectivity index (χ1) is 7.91. The molecule has 1 fully saturated rings. The van der Waals surface area contributed by atoms with E-state index in [9.17, 15) is 0 Å². The number of hydrogen-bond donors (Lipinski definition) is 1. The van der Waals surface area contributed by atoms with E-state index in [2.05, 4.69) is 23.7 Å². The van der Waals surface area contributed by atoms with Crippen molar-refractivity contribution in [3.63, 3.8) is 0 Å². The lowest BCUT2D eigenvalue weighted by atomic mass is 9.60. The van der Waals surface area contributed by atoms with Crippen molar-refractivity contribution in [3.05, 3.63) is 23.8 Å². The summed E-state index contributed by atoms with van der Waals surface area (Å²) in [4.78, 5) is 5.96. The SMILES string of the molecule is C1=CC2CC3(C1)ONCCCCCC/C=C/23. The molecule has 2 unspecified atom stereocenters. The Morgan fingerprint density at radius 1 is 1.25 bits per heavy atom. The van der Waals surface area contributed by atoms with Crippen LogP contribution in [0.3, 0.4) is 0 Å². The number of rotatable bonds is 0. The highest BCUT2D eigenvalue weighted by molar-refractivity contribution is 5.39. The van der Waals surface area contributed by atoms with Crippen molar-refractivity contribution in [3.8, 4) is 0 Å². The van der Waals surface area contributed by atoms with Crippen LogP contribution in [0.4, 0.5) is 0 Å². The molecule has 0 amide bonds. The molecule has 2 atom stereocenters. The number of hydroxylamine groups is 1. The minimum Gasteiger partial charge on any atom is -0.290 e. The van der Waals surface area contributed by atoms with E-state index < -0.39 is 0 Å². The van der Waals surface area contributed by atoms with Gasteiger partial charge in [-0.1, -0.05) is 31.1 Å². The molecular formula is C14H21NO. The molecule has 1 heterocycles. The van der Waals surface area contributed by atoms with Gasteiger partial charge >= 0.3 is 0 Å². The summed E-state index contributed by atoms with van der Waals surface area (Å²) in [7, 11) is 0. The Bertz CT molecular complexity index is 321. The van der Waals surface area contributed by atoms with Crippen LogP contribution >= 0.6 is 0 Å². The van der Waals surface area contributed by atoms with Crippen LogP contribution in [0.5, 0.6) is 0 Å². The van der Waals surface area contributed by atoms with Crippen LogP contribution in [0.15, 0.2) is 23.8 Å². The van der Waals surface area contributed by atoms with Gasteiger partial charge in [0.2, 0.25) is 0 Å². The largest absolute Gasteiger partial charge is 0.290 e. The summed E-state index contributed by atoms with van der Waals surface area (Å²) in [6.45, 7) is 1.00. The van der Waals surface area contributed by atoms with E-state index in [1.54, 1.807) is 5.57 Å². The second kappa shape index (κ2) is 4.34. The van der Waals surface area contributed by atoms with E-state index in [1.807, 2.05) is 0 Å². The molecule has 4 aliphatic rings. The van der Waals surface area contributed by atoms with Crippen LogP contribution in [0.2, 0.25) is 0 Å². The van der Waals surface area contributed by atoms with E-state index in [1.165, 1.54) is 38.5 Å². The van der Waals surface area contributed by atoms with Crippen molar-refractivity contribution in [1.82, 2.24) is 5.48 Å². The summed E-state index contributed by atoms with van der Waals surface area (Å²) >= 11 is 0. The number of hydrogen-bond acceptors (Lipinski definition) is 2. The van der Waals surface area contributed by atoms with Crippen LogP contribution in [0, 0.1) is 5.92 Å². The maximum atomic E-state index is 5.96. The zero-order valence-corrected chi connectivity index (χ0v) is 9.87. The van der Waals surface area contributed by atoms with E-state index in [-0.39, 0.29) is 5.60 Å². The van der Waals surface area contributed by atoms with Gasteiger partial charge in [-0.25, -0.2) is 5.48 Å². The fourth-order valence-electron chi connectivity index (χ4n) is 3.21. The highest BCUT2D eigenvalue weighted by Crippen LogP contribution is 2.52. The van der Waals surface area contributed by atoms with Gasteiger partial charge in [0.25, 0.3) is 0 Å². The second-order valence-electron chi connectivity index (χ2n) is 5.30. The first-order valence-corrected chi connectivity index (χ1v) is 6.69. The predicted molar refractivity (Wildman–Crippen MR) is 64.9 cm³/mol. The third kappa shape index (κ3) is 1.74. The minimum atomic E-state index is 0.0315. The molecule has 3 aliphatic carbocycles. The lowest BCUT2D eigenvalue weighted by Gasteiger charge is -2.51. The summed E-state index contributed by atoms with van der Waals surface area (Å²) in [5.41, 5.74) is 4.76. The van der Waals surface area contributed by atoms with Crippen LogP contribution in [-0.2, 0) is 4.84 Å². The van der Waals surface area contributed by atoms with Crippen molar-refractivity contribution >= 4 is 0 Å². The molecule has 0 aromatic rings. The normalized spacial score (nSPS) is 42.2. The van der Waals surface area contributed by atoms with Gasteiger partial charge in [0.1, 0.15) is 5.60 Å². The van der Waals surface area contributed by atoms with Gasteiger partial charge in [-0.3, -0.25) is 4.84 Å². The molecule has 0 aromatic carbocycles. The zero-order valence-electron chi connectivity index (χ0n) is 9.87. The highest BCUT2D eigenvalue weighted by Gasteiger charge is 2.51. The molecule has 0 aromatic heterocycles. The van der Waals surface area contributed by atoms with Gasteiger partial charge in [0.05, 0.1) is 0 Å². The number of fused-ring (bicyclic) bond motifs is 1. The van der Waals surface area contributed by atoms with Crippen molar-refractivity contribution in [2.24, 2.45) is 5.92 Å². The third-order valence-electron chi connectivity index (χ3n) is 4.16. The number of nitrogens with one attached hydrogen (secondary N) is 1. The van der Waals surface area contributed by atoms with Crippen molar-refractivity contribution in [2.45, 2.75) is 50.5 Å². The molecular weight excluding hydrogens is 198 g/mol. The van der Waals surface area contributed by atoms with Gasteiger partial charge in [-0.05, 0) is 31.3 Å². The average molecular weight is 219 g/mol. The standard InChI is InChI=1S/C14H21NO/c1-2-4-8-13-12-7-6-9-14(13,11-12)16-15-10-5-3-1/h6-8,12,15H,1-5,9-11H2/b13-8-. The molecule has 2 heteroatoms. The van der Waals surface area contributed by atoms with Gasteiger partial charge in [0, 0.05) is 18.9 Å². The summed E-state index contributed by atoms with van der Waals surface area (Å²) in [6, 6.07) is 0. The van der Waals surface area contributed by atoms with Crippen LogP contribution in [0.1, 0.15) is 44.9 Å². The van der Waals surface area contributed by atoms with E-state index in [4.69, 9.17) is 4.84 Å². The highest BCUT2D eigenvalue weighted by atomic mass is 16.7. The molecule has 2 nitrogen and oxygen atoms in total. The molecule has 1 saturated carbocycles. The molecule has 0 radical (unpaired) electrons. The Hall–Kier alpha value is -0.600. The first kappa shape index (κ1) is 10.5. The Morgan fingerprint density at radius 3 is 3.12 bits per heavy atom. The lowest BCUT2D eigenvalue weighted by molar-refractivity contribution is -0.126. The predicted octanol–water partition coefficient (Wildman–Crippen LogP) is 3.12. The fraction of sp³-hybridized carbons (Fsp3) is 0.714. The Balaban J connectivity index is 1.76. The molecule has 1 N–H and O–H groups in total. The van der Waals surface area contributed by atoms with Gasteiger partial charge in [-0.15, -0.1) is 0 Å². The molecule has 1 spiro atoms. The minimum absolute atomic E-state index is 0.0315. The van der Waals surface area contributed by atoms with E-state index in [0.29, 0.717) is 5.92 Å². The first-order valence-electron chi connectivity index (χ1n) is 6.69. The Kier molecular flexibility index (Phi) is 2.86. The van der Waals surface area contributed by atoms with Crippen molar-refractivity contribution < 1.29 is 4.84 Å². The molecule has 16 heavy (non-hydrogen) atoms. The summed E-state index contributed by atoms with van der Waals surface area (Å²) in [6.07, 6.45) is 15.8. The van der Waals surface area contributed by atoms with Crippen molar-refractivity contribution in [1.29, 1.82) is 0 Å². The molecule has 0 saturated heterocycles. The maximum absolute atomic E-state index is 5.96. The molecule has 2 bridgehead atoms. The van der Waals surface area contributed by atoms with Crippen LogP contribution in [-0.4, -0.2) is 12.1 Å². The molecule has 4 rings (SSSR count). The topological polar surface area (TPSA) is 21.3 Å². The molecule has 88 valence electrons. The van der Waals surface area contributed by atoms with Crippen LogP contribution < -0.4 is 5.48 Å². The monoisotopic (exact) mass is 219 g/mol. The quantitative estimate of drug-likeness (QED) is 0.632. The molecule has 1 aliphatic heterocycles. The van der Waals surface area contributed by atoms with E-state index >= 15 is 0 Å². The van der Waals surface area contributed by atoms with Gasteiger partial charge in [-0.2, -0.15) is 0 Å². The summed E-state index contributed by atoms with van der Waals surface area (Å²) in [5, 5.41) is 0. The third-order valence-corrected chi connectivity index (χ3v) is 4.16. The van der Waals surface area contributed by atoms with Gasteiger partial charge < -0.3 is 0 Å². The lowest BCUT2D eigenvalue weighted by Crippen LogP contribution is -2.53. The fourth-order valence-corrected chi connectivity index (χ4v) is 3.21. The van der Waals surface area contributed by atoms with E-state index in [0.717, 1.165) is 13.0 Å². The Labute approximate surface area is 97.7 Å².